The number of nitrogens with zero attached hydrogens (tertiary/aromatic N) is 1. The predicted octanol–water partition coefficient (Wildman–Crippen LogP) is 4.93. The van der Waals surface area contributed by atoms with Gasteiger partial charge in [-0.25, -0.2) is 9.78 Å². The third kappa shape index (κ3) is 5.37. The van der Waals surface area contributed by atoms with Crippen LogP contribution in [0.25, 0.3) is 0 Å². The molecule has 0 spiro atoms. The Morgan fingerprint density at radius 1 is 1.18 bits per heavy atom. The monoisotopic (exact) mass is 363 g/mol. The Kier molecular flexibility index (Phi) is 5.03. The summed E-state index contributed by atoms with van der Waals surface area (Å²) >= 11 is 3.42. The number of hydrogen-bond acceptors (Lipinski definition) is 4. The predicted molar refractivity (Wildman–Crippen MR) is 91.5 cm³/mol. The minimum Gasteiger partial charge on any atom is -0.444 e. The molecule has 0 radical (unpaired) electrons. The summed E-state index contributed by atoms with van der Waals surface area (Å²) in [7, 11) is 0. The lowest BCUT2D eigenvalue weighted by molar-refractivity contribution is 0.0635. The van der Waals surface area contributed by atoms with Gasteiger partial charge in [-0.3, -0.25) is 5.32 Å². The van der Waals surface area contributed by atoms with Crippen LogP contribution in [0.3, 0.4) is 0 Å². The highest BCUT2D eigenvalue weighted by Crippen LogP contribution is 2.20. The smallest absolute Gasteiger partial charge is 0.413 e. The first-order valence-electron chi connectivity index (χ1n) is 6.80. The highest BCUT2D eigenvalue weighted by atomic mass is 79.9. The first kappa shape index (κ1) is 16.3. The normalized spacial score (nSPS) is 10.9. The van der Waals surface area contributed by atoms with Crippen molar-refractivity contribution in [1.82, 2.24) is 4.98 Å². The number of anilines is 3. The van der Waals surface area contributed by atoms with Crippen molar-refractivity contribution in [1.29, 1.82) is 0 Å². The Morgan fingerprint density at radius 2 is 1.95 bits per heavy atom. The van der Waals surface area contributed by atoms with Crippen LogP contribution in [0.15, 0.2) is 47.1 Å². The average molecular weight is 364 g/mol. The minimum atomic E-state index is -0.535. The third-order valence-electron chi connectivity index (χ3n) is 2.51. The summed E-state index contributed by atoms with van der Waals surface area (Å²) in [6.07, 6.45) is 1.13. The second-order valence-corrected chi connectivity index (χ2v) is 6.61. The van der Waals surface area contributed by atoms with Crippen molar-refractivity contribution in [3.63, 3.8) is 0 Å². The van der Waals surface area contributed by atoms with E-state index in [1.165, 1.54) is 0 Å². The maximum atomic E-state index is 11.6. The van der Waals surface area contributed by atoms with E-state index < -0.39 is 11.7 Å². The Morgan fingerprint density at radius 3 is 2.55 bits per heavy atom. The number of hydrogen-bond donors (Lipinski definition) is 2. The molecule has 1 aromatic carbocycles. The van der Waals surface area contributed by atoms with E-state index in [0.29, 0.717) is 5.82 Å². The van der Waals surface area contributed by atoms with Gasteiger partial charge in [-0.2, -0.15) is 0 Å². The Labute approximate surface area is 138 Å². The van der Waals surface area contributed by atoms with Gasteiger partial charge in [0.05, 0.1) is 11.9 Å². The van der Waals surface area contributed by atoms with Crippen LogP contribution in [0.2, 0.25) is 0 Å². The Hall–Kier alpha value is -2.08. The number of carbonyl (C=O) groups excluding carboxylic acids is 1. The molecule has 0 aliphatic heterocycles. The van der Waals surface area contributed by atoms with Crippen LogP contribution in [-0.4, -0.2) is 16.7 Å². The molecular formula is C16H18BrN3O2. The van der Waals surface area contributed by atoms with E-state index in [1.807, 2.05) is 51.1 Å². The molecule has 1 amide bonds. The lowest BCUT2D eigenvalue weighted by atomic mass is 10.2. The summed E-state index contributed by atoms with van der Waals surface area (Å²) < 4.78 is 6.16. The minimum absolute atomic E-state index is 0.439. The van der Waals surface area contributed by atoms with Crippen molar-refractivity contribution in [3.05, 3.63) is 47.1 Å². The lowest BCUT2D eigenvalue weighted by Crippen LogP contribution is -2.27. The van der Waals surface area contributed by atoms with Crippen LogP contribution in [-0.2, 0) is 4.74 Å². The number of halogens is 1. The van der Waals surface area contributed by atoms with Gasteiger partial charge in [-0.1, -0.05) is 22.0 Å². The number of benzene rings is 1. The fourth-order valence-electron chi connectivity index (χ4n) is 1.68. The van der Waals surface area contributed by atoms with E-state index in [1.54, 1.807) is 12.3 Å². The van der Waals surface area contributed by atoms with E-state index in [4.69, 9.17) is 4.74 Å². The number of amides is 1. The van der Waals surface area contributed by atoms with E-state index in [0.717, 1.165) is 15.8 Å². The van der Waals surface area contributed by atoms with E-state index in [-0.39, 0.29) is 0 Å². The van der Waals surface area contributed by atoms with Crippen LogP contribution < -0.4 is 10.6 Å². The van der Waals surface area contributed by atoms with Gasteiger partial charge in [-0.05, 0) is 51.1 Å². The summed E-state index contributed by atoms with van der Waals surface area (Å²) in [5, 5.41) is 5.82. The molecule has 0 bridgehead atoms. The molecule has 1 heterocycles. The van der Waals surface area contributed by atoms with E-state index in [9.17, 15) is 4.79 Å². The summed E-state index contributed by atoms with van der Waals surface area (Å²) in [5.41, 5.74) is 1.24. The fraction of sp³-hybridized carbons (Fsp3) is 0.250. The first-order chi connectivity index (χ1) is 10.3. The second-order valence-electron chi connectivity index (χ2n) is 5.69. The molecule has 0 fully saturated rings. The fourth-order valence-corrected chi connectivity index (χ4v) is 2.08. The molecule has 0 aliphatic rings. The molecule has 0 atom stereocenters. The van der Waals surface area contributed by atoms with Crippen LogP contribution in [0.4, 0.5) is 22.0 Å². The average Bonchev–Trinajstić information content (AvgIpc) is 2.39. The molecule has 1 aromatic heterocycles. The molecule has 0 saturated heterocycles. The third-order valence-corrected chi connectivity index (χ3v) is 3.00. The number of rotatable bonds is 3. The van der Waals surface area contributed by atoms with Gasteiger partial charge in [0.15, 0.2) is 0 Å². The van der Waals surface area contributed by atoms with Crippen LogP contribution in [0.5, 0.6) is 0 Å². The number of pyridine rings is 1. The Bertz CT molecular complexity index is 651. The molecule has 2 N–H and O–H groups in total. The zero-order valence-corrected chi connectivity index (χ0v) is 14.3. The number of ether oxygens (including phenoxy) is 1. The molecule has 2 rings (SSSR count). The van der Waals surface area contributed by atoms with Crippen molar-refractivity contribution in [2.45, 2.75) is 26.4 Å². The standard InChI is InChI=1S/C16H18BrN3O2/c1-16(2,3)22-15(21)20-14-8-7-13(10-18-14)19-12-6-4-5-11(17)9-12/h4-10,19H,1-3H3,(H,18,20,21). The summed E-state index contributed by atoms with van der Waals surface area (Å²) in [5.74, 6) is 0.439. The lowest BCUT2D eigenvalue weighted by Gasteiger charge is -2.19. The second kappa shape index (κ2) is 6.79. The number of nitrogens with one attached hydrogen (secondary N) is 2. The van der Waals surface area contributed by atoms with Crippen LogP contribution >= 0.6 is 15.9 Å². The van der Waals surface area contributed by atoms with Gasteiger partial charge in [0.25, 0.3) is 0 Å². The van der Waals surface area contributed by atoms with Crippen LogP contribution in [0.1, 0.15) is 20.8 Å². The molecule has 0 saturated carbocycles. The summed E-state index contributed by atoms with van der Waals surface area (Å²) in [4.78, 5) is 15.8. The van der Waals surface area contributed by atoms with E-state index >= 15 is 0 Å². The van der Waals surface area contributed by atoms with Crippen LogP contribution in [0, 0.1) is 0 Å². The molecule has 5 nitrogen and oxygen atoms in total. The van der Waals surface area contributed by atoms with Gasteiger partial charge < -0.3 is 10.1 Å². The van der Waals surface area contributed by atoms with Crippen molar-refractivity contribution in [2.24, 2.45) is 0 Å². The Balaban J connectivity index is 1.97. The molecule has 116 valence electrons. The largest absolute Gasteiger partial charge is 0.444 e. The summed E-state index contributed by atoms with van der Waals surface area (Å²) in [6, 6.07) is 11.4. The zero-order chi connectivity index (χ0) is 16.2. The van der Waals surface area contributed by atoms with Crippen molar-refractivity contribution in [3.8, 4) is 0 Å². The highest BCUT2D eigenvalue weighted by Gasteiger charge is 2.16. The molecule has 0 unspecified atom stereocenters. The molecule has 22 heavy (non-hydrogen) atoms. The van der Waals surface area contributed by atoms with Gasteiger partial charge in [0.2, 0.25) is 0 Å². The van der Waals surface area contributed by atoms with Gasteiger partial charge in [0, 0.05) is 10.2 Å². The molecule has 2 aromatic rings. The topological polar surface area (TPSA) is 63.2 Å². The quantitative estimate of drug-likeness (QED) is 0.810. The molecule has 0 aliphatic carbocycles. The van der Waals surface area contributed by atoms with Crippen molar-refractivity contribution < 1.29 is 9.53 Å². The van der Waals surface area contributed by atoms with E-state index in [2.05, 4.69) is 31.5 Å². The highest BCUT2D eigenvalue weighted by molar-refractivity contribution is 9.10. The SMILES string of the molecule is CC(C)(C)OC(=O)Nc1ccc(Nc2cccc(Br)c2)cn1. The maximum Gasteiger partial charge on any atom is 0.413 e. The maximum absolute atomic E-state index is 11.6. The zero-order valence-electron chi connectivity index (χ0n) is 12.7. The molecular weight excluding hydrogens is 346 g/mol. The van der Waals surface area contributed by atoms with Gasteiger partial charge in [0.1, 0.15) is 11.4 Å². The van der Waals surface area contributed by atoms with Crippen molar-refractivity contribution >= 4 is 39.2 Å². The summed E-state index contributed by atoms with van der Waals surface area (Å²) in [6.45, 7) is 5.43. The number of aromatic nitrogens is 1. The van der Waals surface area contributed by atoms with Gasteiger partial charge >= 0.3 is 6.09 Å². The first-order valence-corrected chi connectivity index (χ1v) is 7.60. The van der Waals surface area contributed by atoms with Gasteiger partial charge in [-0.15, -0.1) is 0 Å². The molecule has 6 heteroatoms. The van der Waals surface area contributed by atoms with Crippen molar-refractivity contribution in [2.75, 3.05) is 10.6 Å². The number of carbonyl (C=O) groups is 1.